The van der Waals surface area contributed by atoms with Gasteiger partial charge in [0.15, 0.2) is 0 Å². The zero-order valence-electron chi connectivity index (χ0n) is 12.1. The Morgan fingerprint density at radius 1 is 1.45 bits per heavy atom. The molecule has 0 aromatic carbocycles. The van der Waals surface area contributed by atoms with E-state index in [1.165, 1.54) is 12.8 Å². The molecule has 1 N–H and O–H groups in total. The van der Waals surface area contributed by atoms with Crippen molar-refractivity contribution in [2.75, 3.05) is 13.1 Å². The first-order valence-corrected chi connectivity index (χ1v) is 7.67. The zero-order chi connectivity index (χ0) is 14.0. The van der Waals surface area contributed by atoms with Crippen LogP contribution in [-0.2, 0) is 0 Å². The molecule has 0 aliphatic carbocycles. The second kappa shape index (κ2) is 5.52. The molecule has 4 heteroatoms. The van der Waals surface area contributed by atoms with Gasteiger partial charge in [0.1, 0.15) is 0 Å². The monoisotopic (exact) mass is 273 g/mol. The Morgan fingerprint density at radius 2 is 2.35 bits per heavy atom. The van der Waals surface area contributed by atoms with Gasteiger partial charge in [0.05, 0.1) is 5.56 Å². The van der Waals surface area contributed by atoms with Crippen LogP contribution in [0.4, 0.5) is 0 Å². The maximum Gasteiger partial charge on any atom is 0.255 e. The Bertz CT molecular complexity index is 476. The summed E-state index contributed by atoms with van der Waals surface area (Å²) < 4.78 is 0. The van der Waals surface area contributed by atoms with E-state index in [1.54, 1.807) is 12.4 Å². The number of hydrogen-bond acceptors (Lipinski definition) is 3. The first kappa shape index (κ1) is 13.6. The van der Waals surface area contributed by atoms with Gasteiger partial charge < -0.3 is 10.2 Å². The smallest absolute Gasteiger partial charge is 0.255 e. The fourth-order valence-corrected chi connectivity index (χ4v) is 3.70. The average molecular weight is 273 g/mol. The highest BCUT2D eigenvalue weighted by Crippen LogP contribution is 2.33. The maximum atomic E-state index is 12.8. The van der Waals surface area contributed by atoms with Crippen LogP contribution in [0.5, 0.6) is 0 Å². The summed E-state index contributed by atoms with van der Waals surface area (Å²) in [6.45, 7) is 4.23. The lowest BCUT2D eigenvalue weighted by molar-refractivity contribution is 0.0379. The van der Waals surface area contributed by atoms with E-state index in [0.717, 1.165) is 32.4 Å². The van der Waals surface area contributed by atoms with Gasteiger partial charge in [-0.25, -0.2) is 0 Å². The third kappa shape index (κ3) is 2.44. The molecular weight excluding hydrogens is 250 g/mol. The van der Waals surface area contributed by atoms with E-state index in [1.807, 2.05) is 12.1 Å². The Balaban J connectivity index is 1.86. The van der Waals surface area contributed by atoms with Crippen LogP contribution >= 0.6 is 0 Å². The minimum Gasteiger partial charge on any atom is -0.334 e. The van der Waals surface area contributed by atoms with Gasteiger partial charge in [-0.05, 0) is 51.3 Å². The van der Waals surface area contributed by atoms with Gasteiger partial charge in [-0.2, -0.15) is 0 Å². The van der Waals surface area contributed by atoms with Crippen molar-refractivity contribution in [1.29, 1.82) is 0 Å². The molecule has 0 radical (unpaired) electrons. The zero-order valence-corrected chi connectivity index (χ0v) is 12.1. The Labute approximate surface area is 120 Å². The fraction of sp³-hybridized carbons (Fsp3) is 0.625. The van der Waals surface area contributed by atoms with Crippen molar-refractivity contribution in [3.05, 3.63) is 30.1 Å². The van der Waals surface area contributed by atoms with Gasteiger partial charge in [0, 0.05) is 30.5 Å². The Kier molecular flexibility index (Phi) is 3.74. The van der Waals surface area contributed by atoms with Crippen molar-refractivity contribution < 1.29 is 4.79 Å². The van der Waals surface area contributed by atoms with E-state index >= 15 is 0 Å². The van der Waals surface area contributed by atoms with E-state index in [4.69, 9.17) is 0 Å². The topological polar surface area (TPSA) is 45.2 Å². The molecule has 1 aromatic rings. The van der Waals surface area contributed by atoms with Crippen molar-refractivity contribution in [2.24, 2.45) is 0 Å². The summed E-state index contributed by atoms with van der Waals surface area (Å²) in [5, 5.41) is 3.69. The molecule has 108 valence electrons. The van der Waals surface area contributed by atoms with Crippen LogP contribution in [0.1, 0.15) is 49.4 Å². The molecule has 3 heterocycles. The number of piperidine rings is 1. The third-order valence-electron chi connectivity index (χ3n) is 4.81. The molecule has 4 nitrogen and oxygen atoms in total. The van der Waals surface area contributed by atoms with Gasteiger partial charge in [0.2, 0.25) is 0 Å². The molecule has 2 aliphatic rings. The number of nitrogens with zero attached hydrogens (tertiary/aromatic N) is 2. The molecule has 3 rings (SSSR count). The van der Waals surface area contributed by atoms with E-state index in [0.29, 0.717) is 11.6 Å². The SMILES string of the molecule is C[C@]12CCCN(C(=O)c3cccnc3)[C@H]1CCCCN2. The number of hydrogen-bond donors (Lipinski definition) is 1. The molecule has 1 aromatic heterocycles. The standard InChI is InChI=1S/C16H23N3O/c1-16-8-5-11-19(14(16)7-2-3-10-18-16)15(20)13-6-4-9-17-12-13/h4,6,9,12,14,18H,2-3,5,7-8,10-11H2,1H3/t14-,16-/m0/s1. The summed E-state index contributed by atoms with van der Waals surface area (Å²) in [5.41, 5.74) is 0.785. The van der Waals surface area contributed by atoms with Crippen LogP contribution in [0.25, 0.3) is 0 Å². The number of pyridine rings is 1. The molecule has 2 fully saturated rings. The van der Waals surface area contributed by atoms with E-state index in [-0.39, 0.29) is 11.4 Å². The van der Waals surface area contributed by atoms with Crippen molar-refractivity contribution in [2.45, 2.75) is 50.6 Å². The minimum atomic E-state index is 0.0760. The predicted molar refractivity (Wildman–Crippen MR) is 78.6 cm³/mol. The van der Waals surface area contributed by atoms with Gasteiger partial charge in [0.25, 0.3) is 5.91 Å². The van der Waals surface area contributed by atoms with Crippen molar-refractivity contribution in [1.82, 2.24) is 15.2 Å². The van der Waals surface area contributed by atoms with Gasteiger partial charge >= 0.3 is 0 Å². The van der Waals surface area contributed by atoms with Gasteiger partial charge in [-0.3, -0.25) is 9.78 Å². The van der Waals surface area contributed by atoms with Crippen molar-refractivity contribution in [3.63, 3.8) is 0 Å². The highest BCUT2D eigenvalue weighted by molar-refractivity contribution is 5.94. The van der Waals surface area contributed by atoms with Crippen LogP contribution in [-0.4, -0.2) is 40.5 Å². The molecular formula is C16H23N3O. The summed E-state index contributed by atoms with van der Waals surface area (Å²) in [6, 6.07) is 4.01. The molecule has 0 bridgehead atoms. The van der Waals surface area contributed by atoms with E-state index in [9.17, 15) is 4.79 Å². The normalized spacial score (nSPS) is 30.4. The molecule has 2 saturated heterocycles. The van der Waals surface area contributed by atoms with Gasteiger partial charge in [-0.15, -0.1) is 0 Å². The molecule has 0 spiro atoms. The molecule has 2 atom stereocenters. The number of fused-ring (bicyclic) bond motifs is 1. The minimum absolute atomic E-state index is 0.0760. The van der Waals surface area contributed by atoms with Crippen LogP contribution in [0, 0.1) is 0 Å². The summed E-state index contributed by atoms with van der Waals surface area (Å²) >= 11 is 0. The van der Waals surface area contributed by atoms with Crippen molar-refractivity contribution >= 4 is 5.91 Å². The van der Waals surface area contributed by atoms with Crippen LogP contribution in [0.15, 0.2) is 24.5 Å². The molecule has 0 saturated carbocycles. The number of rotatable bonds is 1. The third-order valence-corrected chi connectivity index (χ3v) is 4.81. The van der Waals surface area contributed by atoms with Crippen molar-refractivity contribution in [3.8, 4) is 0 Å². The number of carbonyl (C=O) groups is 1. The lowest BCUT2D eigenvalue weighted by Crippen LogP contribution is -2.62. The number of amides is 1. The Hall–Kier alpha value is -1.42. The number of aromatic nitrogens is 1. The summed E-state index contributed by atoms with van der Waals surface area (Å²) in [7, 11) is 0. The average Bonchev–Trinajstić information content (AvgIpc) is 2.68. The summed E-state index contributed by atoms with van der Waals surface area (Å²) in [6.07, 6.45) is 9.14. The second-order valence-corrected chi connectivity index (χ2v) is 6.20. The number of carbonyl (C=O) groups excluding carboxylic acids is 1. The molecule has 20 heavy (non-hydrogen) atoms. The van der Waals surface area contributed by atoms with Crippen LogP contribution in [0.2, 0.25) is 0 Å². The van der Waals surface area contributed by atoms with E-state index in [2.05, 4.69) is 22.1 Å². The number of nitrogens with one attached hydrogen (secondary N) is 1. The van der Waals surface area contributed by atoms with Crippen LogP contribution < -0.4 is 5.32 Å². The largest absolute Gasteiger partial charge is 0.334 e. The Morgan fingerprint density at radius 3 is 3.15 bits per heavy atom. The molecule has 0 unspecified atom stereocenters. The molecule has 2 aliphatic heterocycles. The quantitative estimate of drug-likeness (QED) is 0.853. The molecule has 1 amide bonds. The fourth-order valence-electron chi connectivity index (χ4n) is 3.70. The lowest BCUT2D eigenvalue weighted by atomic mass is 9.81. The van der Waals surface area contributed by atoms with Gasteiger partial charge in [-0.1, -0.05) is 6.42 Å². The highest BCUT2D eigenvalue weighted by Gasteiger charge is 2.43. The van der Waals surface area contributed by atoms with Crippen LogP contribution in [0.3, 0.4) is 0 Å². The predicted octanol–water partition coefficient (Wildman–Crippen LogP) is 2.22. The highest BCUT2D eigenvalue weighted by atomic mass is 16.2. The maximum absolute atomic E-state index is 12.8. The first-order valence-electron chi connectivity index (χ1n) is 7.67. The second-order valence-electron chi connectivity index (χ2n) is 6.20. The number of likely N-dealkylation sites (tertiary alicyclic amines) is 1. The first-order chi connectivity index (χ1) is 9.71. The summed E-state index contributed by atoms with van der Waals surface area (Å²) in [4.78, 5) is 18.9. The summed E-state index contributed by atoms with van der Waals surface area (Å²) in [5.74, 6) is 0.137. The lowest BCUT2D eigenvalue weighted by Gasteiger charge is -2.48. The van der Waals surface area contributed by atoms with E-state index < -0.39 is 0 Å².